The van der Waals surface area contributed by atoms with E-state index in [1.54, 1.807) is 0 Å². The van der Waals surface area contributed by atoms with Crippen LogP contribution in [0.1, 0.15) is 30.9 Å². The summed E-state index contributed by atoms with van der Waals surface area (Å²) in [5, 5.41) is 9.98. The summed E-state index contributed by atoms with van der Waals surface area (Å²) >= 11 is 0. The van der Waals surface area contributed by atoms with Crippen molar-refractivity contribution < 1.29 is 0 Å². The molecule has 0 bridgehead atoms. The Morgan fingerprint density at radius 1 is 1.25 bits per heavy atom. The van der Waals surface area contributed by atoms with E-state index in [1.165, 1.54) is 5.56 Å². The van der Waals surface area contributed by atoms with E-state index in [2.05, 4.69) is 22.4 Å². The number of aromatic amines is 1. The second-order valence-corrected chi connectivity index (χ2v) is 5.00. The highest BCUT2D eigenvalue weighted by atomic mass is 16.1. The van der Waals surface area contributed by atoms with Crippen molar-refractivity contribution in [2.45, 2.75) is 33.2 Å². The van der Waals surface area contributed by atoms with E-state index in [1.807, 2.05) is 37.3 Å². The molecule has 0 saturated carbocycles. The number of aryl methyl sites for hydroxylation is 1. The molecule has 1 heterocycles. The first-order valence-corrected chi connectivity index (χ1v) is 7.07. The molecule has 0 saturated heterocycles. The monoisotopic (exact) mass is 271 g/mol. The molecular weight excluding hydrogens is 250 g/mol. The van der Waals surface area contributed by atoms with E-state index in [-0.39, 0.29) is 5.56 Å². The van der Waals surface area contributed by atoms with Crippen LogP contribution in [0.3, 0.4) is 0 Å². The van der Waals surface area contributed by atoms with Crippen LogP contribution >= 0.6 is 0 Å². The lowest BCUT2D eigenvalue weighted by atomic mass is 10.1. The standard InChI is InChI=1S/C16H21N3O/c1-3-4-9-17-11-14-10-15(18-19-16(14)20)13-7-5-12(2)6-8-13/h5-8,10,17H,3-4,9,11H2,1-2H3,(H,19,20). The summed E-state index contributed by atoms with van der Waals surface area (Å²) in [5.74, 6) is 0. The first-order valence-electron chi connectivity index (χ1n) is 7.07. The van der Waals surface area contributed by atoms with Crippen LogP contribution in [0, 0.1) is 6.92 Å². The third-order valence-corrected chi connectivity index (χ3v) is 3.25. The van der Waals surface area contributed by atoms with Gasteiger partial charge in [-0.3, -0.25) is 4.79 Å². The summed E-state index contributed by atoms with van der Waals surface area (Å²) in [6, 6.07) is 9.99. The average Bonchev–Trinajstić information content (AvgIpc) is 2.46. The van der Waals surface area contributed by atoms with Gasteiger partial charge in [0.25, 0.3) is 5.56 Å². The van der Waals surface area contributed by atoms with Gasteiger partial charge in [0.1, 0.15) is 0 Å². The van der Waals surface area contributed by atoms with Gasteiger partial charge < -0.3 is 5.32 Å². The fourth-order valence-corrected chi connectivity index (χ4v) is 1.97. The highest BCUT2D eigenvalue weighted by Gasteiger charge is 2.05. The van der Waals surface area contributed by atoms with Crippen molar-refractivity contribution in [1.82, 2.24) is 15.5 Å². The van der Waals surface area contributed by atoms with Gasteiger partial charge in [0.15, 0.2) is 0 Å². The molecule has 0 aliphatic carbocycles. The minimum absolute atomic E-state index is 0.120. The summed E-state index contributed by atoms with van der Waals surface area (Å²) < 4.78 is 0. The highest BCUT2D eigenvalue weighted by molar-refractivity contribution is 5.59. The van der Waals surface area contributed by atoms with Crippen molar-refractivity contribution in [3.63, 3.8) is 0 Å². The number of hydrogen-bond donors (Lipinski definition) is 2. The van der Waals surface area contributed by atoms with Crippen LogP contribution in [0.25, 0.3) is 11.3 Å². The molecule has 4 nitrogen and oxygen atoms in total. The zero-order valence-electron chi connectivity index (χ0n) is 12.1. The molecule has 2 aromatic rings. The fraction of sp³-hybridized carbons (Fsp3) is 0.375. The number of aromatic nitrogens is 2. The number of nitrogens with one attached hydrogen (secondary N) is 2. The number of H-pyrrole nitrogens is 1. The second kappa shape index (κ2) is 7.01. The summed E-state index contributed by atoms with van der Waals surface area (Å²) in [6.45, 7) is 5.71. The topological polar surface area (TPSA) is 57.8 Å². The van der Waals surface area contributed by atoms with Gasteiger partial charge in [-0.1, -0.05) is 43.2 Å². The Bertz CT molecular complexity index is 602. The number of unbranched alkanes of at least 4 members (excludes halogenated alkanes) is 1. The van der Waals surface area contributed by atoms with Gasteiger partial charge in [-0.25, -0.2) is 5.10 Å². The third kappa shape index (κ3) is 3.78. The summed E-state index contributed by atoms with van der Waals surface area (Å²) in [6.07, 6.45) is 2.27. The molecule has 0 atom stereocenters. The Morgan fingerprint density at radius 3 is 2.70 bits per heavy atom. The average molecular weight is 271 g/mol. The first kappa shape index (κ1) is 14.5. The molecule has 0 radical (unpaired) electrons. The highest BCUT2D eigenvalue weighted by Crippen LogP contribution is 2.16. The van der Waals surface area contributed by atoms with Gasteiger partial charge in [0, 0.05) is 17.7 Å². The van der Waals surface area contributed by atoms with E-state index in [4.69, 9.17) is 0 Å². The molecule has 0 spiro atoms. The molecule has 1 aromatic carbocycles. The molecule has 1 aromatic heterocycles. The maximum atomic E-state index is 11.8. The van der Waals surface area contributed by atoms with E-state index in [9.17, 15) is 4.79 Å². The number of benzene rings is 1. The van der Waals surface area contributed by atoms with Crippen LogP contribution in [0.15, 0.2) is 35.1 Å². The summed E-state index contributed by atoms with van der Waals surface area (Å²) in [7, 11) is 0. The van der Waals surface area contributed by atoms with Crippen LogP contribution in [-0.4, -0.2) is 16.7 Å². The normalized spacial score (nSPS) is 10.7. The second-order valence-electron chi connectivity index (χ2n) is 5.00. The molecule has 0 aliphatic rings. The zero-order chi connectivity index (χ0) is 14.4. The third-order valence-electron chi connectivity index (χ3n) is 3.25. The van der Waals surface area contributed by atoms with Gasteiger partial charge >= 0.3 is 0 Å². The smallest absolute Gasteiger partial charge is 0.268 e. The summed E-state index contributed by atoms with van der Waals surface area (Å²) in [4.78, 5) is 11.8. The maximum absolute atomic E-state index is 11.8. The van der Waals surface area contributed by atoms with Crippen LogP contribution < -0.4 is 10.9 Å². The van der Waals surface area contributed by atoms with E-state index in [0.717, 1.165) is 36.2 Å². The summed E-state index contributed by atoms with van der Waals surface area (Å²) in [5.41, 5.74) is 3.63. The minimum atomic E-state index is -0.120. The lowest BCUT2D eigenvalue weighted by Crippen LogP contribution is -2.22. The molecule has 2 N–H and O–H groups in total. The molecular formula is C16H21N3O. The Hall–Kier alpha value is -1.94. The Balaban J connectivity index is 2.15. The maximum Gasteiger partial charge on any atom is 0.268 e. The van der Waals surface area contributed by atoms with Crippen molar-refractivity contribution in [3.05, 3.63) is 51.8 Å². The number of nitrogens with zero attached hydrogens (tertiary/aromatic N) is 1. The van der Waals surface area contributed by atoms with Crippen LogP contribution in [0.4, 0.5) is 0 Å². The van der Waals surface area contributed by atoms with Crippen molar-refractivity contribution in [2.75, 3.05) is 6.54 Å². The number of hydrogen-bond acceptors (Lipinski definition) is 3. The first-order chi connectivity index (χ1) is 9.70. The van der Waals surface area contributed by atoms with Gasteiger partial charge in [0.05, 0.1) is 5.69 Å². The molecule has 0 aliphatic heterocycles. The van der Waals surface area contributed by atoms with E-state index < -0.39 is 0 Å². The van der Waals surface area contributed by atoms with Crippen molar-refractivity contribution in [3.8, 4) is 11.3 Å². The van der Waals surface area contributed by atoms with Crippen LogP contribution in [-0.2, 0) is 6.54 Å². The fourth-order valence-electron chi connectivity index (χ4n) is 1.97. The predicted molar refractivity (Wildman–Crippen MR) is 81.6 cm³/mol. The molecule has 4 heteroatoms. The SMILES string of the molecule is CCCCNCc1cc(-c2ccc(C)cc2)n[nH]c1=O. The van der Waals surface area contributed by atoms with Crippen molar-refractivity contribution in [2.24, 2.45) is 0 Å². The van der Waals surface area contributed by atoms with Gasteiger partial charge in [0.2, 0.25) is 0 Å². The molecule has 0 amide bonds. The van der Waals surface area contributed by atoms with Gasteiger partial charge in [-0.15, -0.1) is 0 Å². The van der Waals surface area contributed by atoms with Gasteiger partial charge in [-0.2, -0.15) is 5.10 Å². The molecule has 2 rings (SSSR count). The largest absolute Gasteiger partial charge is 0.312 e. The Kier molecular flexibility index (Phi) is 5.07. The number of rotatable bonds is 6. The lowest BCUT2D eigenvalue weighted by molar-refractivity contribution is 0.636. The zero-order valence-corrected chi connectivity index (χ0v) is 12.1. The quantitative estimate of drug-likeness (QED) is 0.794. The van der Waals surface area contributed by atoms with E-state index in [0.29, 0.717) is 6.54 Å². The lowest BCUT2D eigenvalue weighted by Gasteiger charge is -2.06. The van der Waals surface area contributed by atoms with Crippen molar-refractivity contribution in [1.29, 1.82) is 0 Å². The van der Waals surface area contributed by atoms with Crippen LogP contribution in [0.2, 0.25) is 0 Å². The Morgan fingerprint density at radius 2 is 2.00 bits per heavy atom. The van der Waals surface area contributed by atoms with Crippen LogP contribution in [0.5, 0.6) is 0 Å². The van der Waals surface area contributed by atoms with E-state index >= 15 is 0 Å². The van der Waals surface area contributed by atoms with Crippen molar-refractivity contribution >= 4 is 0 Å². The minimum Gasteiger partial charge on any atom is -0.312 e. The predicted octanol–water partition coefficient (Wildman–Crippen LogP) is 2.64. The molecule has 106 valence electrons. The Labute approximate surface area is 119 Å². The molecule has 0 fully saturated rings. The molecule has 20 heavy (non-hydrogen) atoms. The molecule has 0 unspecified atom stereocenters. The van der Waals surface area contributed by atoms with Gasteiger partial charge in [-0.05, 0) is 26.0 Å².